The Morgan fingerprint density at radius 1 is 1.25 bits per heavy atom. The SMILES string of the molecule is Cc1ccc2c(S(=O)(=O)NC(=O)C3CC3)cccc2n1. The maximum Gasteiger partial charge on any atom is 0.264 e. The molecule has 1 saturated carbocycles. The lowest BCUT2D eigenvalue weighted by Gasteiger charge is -2.09. The fourth-order valence-electron chi connectivity index (χ4n) is 2.08. The summed E-state index contributed by atoms with van der Waals surface area (Å²) in [6, 6.07) is 8.34. The van der Waals surface area contributed by atoms with Crippen molar-refractivity contribution in [3.63, 3.8) is 0 Å². The van der Waals surface area contributed by atoms with Crippen LogP contribution in [0, 0.1) is 12.8 Å². The maximum atomic E-state index is 12.3. The number of fused-ring (bicyclic) bond motifs is 1. The molecule has 20 heavy (non-hydrogen) atoms. The van der Waals surface area contributed by atoms with Gasteiger partial charge < -0.3 is 0 Å². The summed E-state index contributed by atoms with van der Waals surface area (Å²) in [5.41, 5.74) is 1.42. The Morgan fingerprint density at radius 3 is 2.70 bits per heavy atom. The first-order valence-electron chi connectivity index (χ1n) is 6.40. The number of nitrogens with one attached hydrogen (secondary N) is 1. The maximum absolute atomic E-state index is 12.3. The van der Waals surface area contributed by atoms with Crippen molar-refractivity contribution < 1.29 is 13.2 Å². The van der Waals surface area contributed by atoms with Crippen molar-refractivity contribution in [2.45, 2.75) is 24.7 Å². The van der Waals surface area contributed by atoms with Gasteiger partial charge in [0.05, 0.1) is 10.4 Å². The minimum absolute atomic E-state index is 0.0940. The Hall–Kier alpha value is -1.95. The summed E-state index contributed by atoms with van der Waals surface area (Å²) in [5, 5.41) is 0.522. The summed E-state index contributed by atoms with van der Waals surface area (Å²) in [4.78, 5) is 16.1. The highest BCUT2D eigenvalue weighted by atomic mass is 32.2. The summed E-state index contributed by atoms with van der Waals surface area (Å²) in [6.07, 6.45) is 1.52. The van der Waals surface area contributed by atoms with Gasteiger partial charge in [-0.1, -0.05) is 6.07 Å². The van der Waals surface area contributed by atoms with Crippen molar-refractivity contribution in [1.29, 1.82) is 0 Å². The molecule has 0 atom stereocenters. The van der Waals surface area contributed by atoms with Gasteiger partial charge in [-0.3, -0.25) is 9.78 Å². The van der Waals surface area contributed by atoms with E-state index in [-0.39, 0.29) is 10.8 Å². The van der Waals surface area contributed by atoms with Gasteiger partial charge in [0, 0.05) is 17.0 Å². The lowest BCUT2D eigenvalue weighted by Crippen LogP contribution is -2.31. The fourth-order valence-corrected chi connectivity index (χ4v) is 3.34. The summed E-state index contributed by atoms with van der Waals surface area (Å²) >= 11 is 0. The first-order chi connectivity index (χ1) is 9.47. The molecule has 2 aromatic rings. The zero-order valence-electron chi connectivity index (χ0n) is 11.0. The van der Waals surface area contributed by atoms with Crippen molar-refractivity contribution >= 4 is 26.8 Å². The molecule has 0 bridgehead atoms. The lowest BCUT2D eigenvalue weighted by molar-refractivity contribution is -0.120. The molecule has 1 aliphatic carbocycles. The van der Waals surface area contributed by atoms with E-state index < -0.39 is 15.9 Å². The molecule has 0 radical (unpaired) electrons. The van der Waals surface area contributed by atoms with Crippen LogP contribution in [-0.4, -0.2) is 19.3 Å². The number of nitrogens with zero attached hydrogens (tertiary/aromatic N) is 1. The van der Waals surface area contributed by atoms with Gasteiger partial charge in [-0.05, 0) is 44.0 Å². The Labute approximate surface area is 117 Å². The van der Waals surface area contributed by atoms with E-state index in [0.717, 1.165) is 18.5 Å². The monoisotopic (exact) mass is 290 g/mol. The van der Waals surface area contributed by atoms with E-state index in [0.29, 0.717) is 10.9 Å². The van der Waals surface area contributed by atoms with Crippen LogP contribution in [0.5, 0.6) is 0 Å². The van der Waals surface area contributed by atoms with E-state index in [9.17, 15) is 13.2 Å². The van der Waals surface area contributed by atoms with E-state index in [1.807, 2.05) is 6.92 Å². The normalized spacial score (nSPS) is 15.2. The van der Waals surface area contributed by atoms with Gasteiger partial charge in [0.1, 0.15) is 0 Å². The van der Waals surface area contributed by atoms with Crippen LogP contribution < -0.4 is 4.72 Å². The van der Waals surface area contributed by atoms with Crippen LogP contribution >= 0.6 is 0 Å². The Balaban J connectivity index is 2.06. The minimum Gasteiger partial charge on any atom is -0.274 e. The van der Waals surface area contributed by atoms with Gasteiger partial charge in [-0.15, -0.1) is 0 Å². The number of amides is 1. The number of sulfonamides is 1. The van der Waals surface area contributed by atoms with Gasteiger partial charge in [0.2, 0.25) is 5.91 Å². The van der Waals surface area contributed by atoms with Gasteiger partial charge in [0.15, 0.2) is 0 Å². The largest absolute Gasteiger partial charge is 0.274 e. The molecular weight excluding hydrogens is 276 g/mol. The van der Waals surface area contributed by atoms with Crippen molar-refractivity contribution in [3.8, 4) is 0 Å². The average molecular weight is 290 g/mol. The summed E-state index contributed by atoms with van der Waals surface area (Å²) in [7, 11) is -3.84. The van der Waals surface area contributed by atoms with E-state index in [1.54, 1.807) is 24.3 Å². The van der Waals surface area contributed by atoms with Crippen LogP contribution in [0.3, 0.4) is 0 Å². The van der Waals surface area contributed by atoms with Crippen LogP contribution in [0.1, 0.15) is 18.5 Å². The fraction of sp³-hybridized carbons (Fsp3) is 0.286. The number of pyridine rings is 1. The Kier molecular flexibility index (Phi) is 2.97. The molecule has 0 saturated heterocycles. The zero-order valence-corrected chi connectivity index (χ0v) is 11.8. The number of hydrogen-bond donors (Lipinski definition) is 1. The molecule has 1 fully saturated rings. The number of hydrogen-bond acceptors (Lipinski definition) is 4. The van der Waals surface area contributed by atoms with Crippen LogP contribution in [-0.2, 0) is 14.8 Å². The molecule has 1 aliphatic rings. The van der Waals surface area contributed by atoms with Gasteiger partial charge in [-0.2, -0.15) is 0 Å². The van der Waals surface area contributed by atoms with Gasteiger partial charge in [-0.25, -0.2) is 13.1 Å². The van der Waals surface area contributed by atoms with Crippen molar-refractivity contribution in [2.24, 2.45) is 5.92 Å². The zero-order chi connectivity index (χ0) is 14.3. The number of aromatic nitrogens is 1. The molecule has 0 spiro atoms. The standard InChI is InChI=1S/C14H14N2O3S/c1-9-5-8-11-12(15-9)3-2-4-13(11)20(18,19)16-14(17)10-6-7-10/h2-5,8,10H,6-7H2,1H3,(H,16,17). The molecule has 5 nitrogen and oxygen atoms in total. The molecule has 1 N–H and O–H groups in total. The summed E-state index contributed by atoms with van der Waals surface area (Å²) in [5.74, 6) is -0.567. The van der Waals surface area contributed by atoms with Gasteiger partial charge >= 0.3 is 0 Å². The highest BCUT2D eigenvalue weighted by Gasteiger charge is 2.33. The molecule has 1 heterocycles. The number of rotatable bonds is 3. The third kappa shape index (κ3) is 2.38. The lowest BCUT2D eigenvalue weighted by atomic mass is 10.2. The quantitative estimate of drug-likeness (QED) is 0.934. The highest BCUT2D eigenvalue weighted by Crippen LogP contribution is 2.30. The minimum atomic E-state index is -3.84. The predicted octanol–water partition coefficient (Wildman–Crippen LogP) is 1.76. The molecule has 1 aromatic heterocycles. The smallest absolute Gasteiger partial charge is 0.264 e. The van der Waals surface area contributed by atoms with E-state index in [4.69, 9.17) is 0 Å². The molecule has 104 valence electrons. The molecule has 1 aromatic carbocycles. The van der Waals surface area contributed by atoms with Crippen LogP contribution in [0.2, 0.25) is 0 Å². The van der Waals surface area contributed by atoms with Crippen LogP contribution in [0.4, 0.5) is 0 Å². The topological polar surface area (TPSA) is 76.1 Å². The number of carbonyl (C=O) groups excluding carboxylic acids is 1. The van der Waals surface area contributed by atoms with E-state index in [1.165, 1.54) is 6.07 Å². The summed E-state index contributed by atoms with van der Waals surface area (Å²) < 4.78 is 26.8. The van der Waals surface area contributed by atoms with Crippen molar-refractivity contribution in [3.05, 3.63) is 36.0 Å². The predicted molar refractivity (Wildman–Crippen MR) is 74.5 cm³/mol. The second-order valence-corrected chi connectivity index (χ2v) is 6.67. The second kappa shape index (κ2) is 4.56. The third-order valence-electron chi connectivity index (χ3n) is 3.30. The second-order valence-electron chi connectivity index (χ2n) is 5.02. The first-order valence-corrected chi connectivity index (χ1v) is 7.89. The molecule has 1 amide bonds. The molecule has 0 aliphatic heterocycles. The van der Waals surface area contributed by atoms with Crippen LogP contribution in [0.15, 0.2) is 35.2 Å². The van der Waals surface area contributed by atoms with Gasteiger partial charge in [0.25, 0.3) is 10.0 Å². The number of aryl methyl sites for hydroxylation is 1. The van der Waals surface area contributed by atoms with E-state index >= 15 is 0 Å². The first kappa shape index (κ1) is 13.1. The van der Waals surface area contributed by atoms with Crippen LogP contribution in [0.25, 0.3) is 10.9 Å². The van der Waals surface area contributed by atoms with Crippen molar-refractivity contribution in [1.82, 2.24) is 9.71 Å². The Bertz CT molecular complexity index is 795. The molecule has 3 rings (SSSR count). The summed E-state index contributed by atoms with van der Waals surface area (Å²) in [6.45, 7) is 1.84. The highest BCUT2D eigenvalue weighted by molar-refractivity contribution is 7.90. The molecule has 6 heteroatoms. The third-order valence-corrected chi connectivity index (χ3v) is 4.71. The molecule has 0 unspecified atom stereocenters. The Morgan fingerprint density at radius 2 is 2.00 bits per heavy atom. The van der Waals surface area contributed by atoms with Crippen molar-refractivity contribution in [2.75, 3.05) is 0 Å². The number of carbonyl (C=O) groups is 1. The molecular formula is C14H14N2O3S. The van der Waals surface area contributed by atoms with E-state index in [2.05, 4.69) is 9.71 Å². The average Bonchev–Trinajstić information content (AvgIpc) is 3.21. The number of benzene rings is 1.